The maximum absolute atomic E-state index is 12.1. The van der Waals surface area contributed by atoms with Crippen molar-refractivity contribution in [3.05, 3.63) is 11.8 Å². The van der Waals surface area contributed by atoms with E-state index in [0.29, 0.717) is 17.0 Å². The summed E-state index contributed by atoms with van der Waals surface area (Å²) in [6.45, 7) is 3.25. The Bertz CT molecular complexity index is 487. The van der Waals surface area contributed by atoms with Gasteiger partial charge in [-0.2, -0.15) is 5.10 Å². The van der Waals surface area contributed by atoms with Gasteiger partial charge in [-0.25, -0.2) is 4.68 Å². The van der Waals surface area contributed by atoms with Crippen LogP contribution in [0.2, 0.25) is 0 Å². The quantitative estimate of drug-likeness (QED) is 0.867. The smallest absolute Gasteiger partial charge is 0.258 e. The van der Waals surface area contributed by atoms with Crippen molar-refractivity contribution in [1.29, 1.82) is 0 Å². The highest BCUT2D eigenvalue weighted by atomic mass is 16.2. The van der Waals surface area contributed by atoms with Crippen molar-refractivity contribution >= 4 is 11.7 Å². The molecule has 98 valence electrons. The van der Waals surface area contributed by atoms with Crippen LogP contribution in [0.3, 0.4) is 0 Å². The monoisotopic (exact) mass is 248 g/mol. The standard InChI is InChI=1S/C13H20N4O/c1-13(5-6-13)10-4-7-14-11-9(8-15-17(10)11)12(18)16(2)3/h8,10,14H,4-7H2,1-3H3. The van der Waals surface area contributed by atoms with Crippen LogP contribution in [0.5, 0.6) is 0 Å². The van der Waals surface area contributed by atoms with Gasteiger partial charge in [-0.3, -0.25) is 4.79 Å². The lowest BCUT2D eigenvalue weighted by Gasteiger charge is -2.31. The van der Waals surface area contributed by atoms with Gasteiger partial charge in [-0.05, 0) is 24.7 Å². The van der Waals surface area contributed by atoms with E-state index in [9.17, 15) is 4.79 Å². The van der Waals surface area contributed by atoms with Crippen molar-refractivity contribution in [3.8, 4) is 0 Å². The SMILES string of the molecule is CN(C)C(=O)c1cnn2c1NCCC2C1(C)CC1. The average Bonchev–Trinajstić information content (AvgIpc) is 2.95. The van der Waals surface area contributed by atoms with Crippen LogP contribution in [0.15, 0.2) is 6.20 Å². The van der Waals surface area contributed by atoms with Gasteiger partial charge in [0.15, 0.2) is 0 Å². The second-order valence-electron chi connectivity index (χ2n) is 5.94. The Morgan fingerprint density at radius 1 is 1.56 bits per heavy atom. The van der Waals surface area contributed by atoms with E-state index in [1.165, 1.54) is 12.8 Å². The zero-order chi connectivity index (χ0) is 12.9. The lowest BCUT2D eigenvalue weighted by atomic mass is 9.94. The van der Waals surface area contributed by atoms with E-state index >= 15 is 0 Å². The van der Waals surface area contributed by atoms with Gasteiger partial charge < -0.3 is 10.2 Å². The lowest BCUT2D eigenvalue weighted by Crippen LogP contribution is -2.30. The third-order valence-electron chi connectivity index (χ3n) is 4.28. The topological polar surface area (TPSA) is 50.2 Å². The van der Waals surface area contributed by atoms with Gasteiger partial charge in [0.2, 0.25) is 0 Å². The summed E-state index contributed by atoms with van der Waals surface area (Å²) in [5.41, 5.74) is 1.08. The van der Waals surface area contributed by atoms with Crippen molar-refractivity contribution in [2.24, 2.45) is 5.41 Å². The Morgan fingerprint density at radius 3 is 2.89 bits per heavy atom. The van der Waals surface area contributed by atoms with Crippen molar-refractivity contribution in [3.63, 3.8) is 0 Å². The highest BCUT2D eigenvalue weighted by molar-refractivity contribution is 5.98. The first-order chi connectivity index (χ1) is 8.53. The minimum Gasteiger partial charge on any atom is -0.370 e. The summed E-state index contributed by atoms with van der Waals surface area (Å²) in [4.78, 5) is 13.7. The molecule has 1 N–H and O–H groups in total. The number of hydrogen-bond donors (Lipinski definition) is 1. The number of fused-ring (bicyclic) bond motifs is 1. The Hall–Kier alpha value is -1.52. The first kappa shape index (κ1) is 11.6. The molecule has 2 aliphatic rings. The van der Waals surface area contributed by atoms with Gasteiger partial charge in [-0.15, -0.1) is 0 Å². The molecule has 0 aromatic carbocycles. The van der Waals surface area contributed by atoms with E-state index < -0.39 is 0 Å². The van der Waals surface area contributed by atoms with Crippen molar-refractivity contribution in [1.82, 2.24) is 14.7 Å². The van der Waals surface area contributed by atoms with E-state index in [1.54, 1.807) is 25.2 Å². The number of amides is 1. The van der Waals surface area contributed by atoms with E-state index in [1.807, 2.05) is 4.68 Å². The number of nitrogens with one attached hydrogen (secondary N) is 1. The molecule has 3 rings (SSSR count). The number of rotatable bonds is 2. The Morgan fingerprint density at radius 2 is 2.28 bits per heavy atom. The molecule has 0 bridgehead atoms. The summed E-state index contributed by atoms with van der Waals surface area (Å²) < 4.78 is 2.03. The van der Waals surface area contributed by atoms with Gasteiger partial charge in [0.25, 0.3) is 5.91 Å². The maximum atomic E-state index is 12.1. The summed E-state index contributed by atoms with van der Waals surface area (Å²) in [6, 6.07) is 0.442. The summed E-state index contributed by atoms with van der Waals surface area (Å²) in [7, 11) is 3.55. The number of carbonyl (C=O) groups excluding carboxylic acids is 1. The number of carbonyl (C=O) groups is 1. The predicted molar refractivity (Wildman–Crippen MR) is 69.7 cm³/mol. The third-order valence-corrected chi connectivity index (χ3v) is 4.28. The second kappa shape index (κ2) is 3.73. The molecule has 0 radical (unpaired) electrons. The van der Waals surface area contributed by atoms with E-state index in [0.717, 1.165) is 18.8 Å². The predicted octanol–water partition coefficient (Wildman–Crippen LogP) is 1.74. The molecular formula is C13H20N4O. The van der Waals surface area contributed by atoms with Crippen LogP contribution >= 0.6 is 0 Å². The molecule has 0 saturated heterocycles. The molecule has 1 atom stereocenters. The Labute approximate surface area is 107 Å². The largest absolute Gasteiger partial charge is 0.370 e. The molecule has 1 aromatic heterocycles. The summed E-state index contributed by atoms with van der Waals surface area (Å²) in [5, 5.41) is 7.78. The van der Waals surface area contributed by atoms with Crippen LogP contribution in [0.1, 0.15) is 42.6 Å². The molecule has 1 amide bonds. The van der Waals surface area contributed by atoms with Crippen LogP contribution in [-0.2, 0) is 0 Å². The molecule has 0 spiro atoms. The highest BCUT2D eigenvalue weighted by Crippen LogP contribution is 2.56. The molecule has 5 nitrogen and oxygen atoms in total. The minimum absolute atomic E-state index is 0.0188. The van der Waals surface area contributed by atoms with Crippen molar-refractivity contribution in [2.45, 2.75) is 32.2 Å². The number of nitrogens with zero attached hydrogens (tertiary/aromatic N) is 3. The van der Waals surface area contributed by atoms with Gasteiger partial charge in [0, 0.05) is 20.6 Å². The Balaban J connectivity index is 1.98. The summed E-state index contributed by atoms with van der Waals surface area (Å²) in [6.07, 6.45) is 5.34. The normalized spacial score (nSPS) is 24.1. The molecule has 1 aliphatic heterocycles. The van der Waals surface area contributed by atoms with Crippen LogP contribution in [0, 0.1) is 5.41 Å². The van der Waals surface area contributed by atoms with E-state index in [2.05, 4.69) is 17.3 Å². The number of aromatic nitrogens is 2. The minimum atomic E-state index is 0.0188. The fraction of sp³-hybridized carbons (Fsp3) is 0.692. The van der Waals surface area contributed by atoms with Crippen LogP contribution in [0.25, 0.3) is 0 Å². The molecule has 1 aliphatic carbocycles. The summed E-state index contributed by atoms with van der Waals surface area (Å²) >= 11 is 0. The Kier molecular flexibility index (Phi) is 2.40. The molecule has 1 aromatic rings. The fourth-order valence-corrected chi connectivity index (χ4v) is 2.80. The lowest BCUT2D eigenvalue weighted by molar-refractivity contribution is 0.0828. The van der Waals surface area contributed by atoms with Gasteiger partial charge in [0.05, 0.1) is 12.2 Å². The molecule has 2 heterocycles. The maximum Gasteiger partial charge on any atom is 0.258 e. The number of hydrogen-bond acceptors (Lipinski definition) is 3. The van der Waals surface area contributed by atoms with Crippen LogP contribution < -0.4 is 5.32 Å². The zero-order valence-electron chi connectivity index (χ0n) is 11.2. The molecule has 18 heavy (non-hydrogen) atoms. The first-order valence-corrected chi connectivity index (χ1v) is 6.56. The summed E-state index contributed by atoms with van der Waals surface area (Å²) in [5.74, 6) is 0.920. The van der Waals surface area contributed by atoms with Gasteiger partial charge in [0.1, 0.15) is 11.4 Å². The highest BCUT2D eigenvalue weighted by Gasteiger charge is 2.47. The second-order valence-corrected chi connectivity index (χ2v) is 5.94. The van der Waals surface area contributed by atoms with Gasteiger partial charge in [-0.1, -0.05) is 6.92 Å². The average molecular weight is 248 g/mol. The first-order valence-electron chi connectivity index (χ1n) is 6.56. The van der Waals surface area contributed by atoms with Crippen molar-refractivity contribution in [2.75, 3.05) is 26.0 Å². The van der Waals surface area contributed by atoms with Crippen molar-refractivity contribution < 1.29 is 4.79 Å². The molecular weight excluding hydrogens is 228 g/mol. The van der Waals surface area contributed by atoms with E-state index in [-0.39, 0.29) is 5.91 Å². The third kappa shape index (κ3) is 1.61. The molecule has 1 saturated carbocycles. The van der Waals surface area contributed by atoms with Crippen LogP contribution in [0.4, 0.5) is 5.82 Å². The molecule has 5 heteroatoms. The van der Waals surface area contributed by atoms with Gasteiger partial charge >= 0.3 is 0 Å². The molecule has 1 unspecified atom stereocenters. The molecule has 1 fully saturated rings. The number of anilines is 1. The fourth-order valence-electron chi connectivity index (χ4n) is 2.80. The zero-order valence-corrected chi connectivity index (χ0v) is 11.2. The van der Waals surface area contributed by atoms with Crippen LogP contribution in [-0.4, -0.2) is 41.2 Å². The van der Waals surface area contributed by atoms with E-state index in [4.69, 9.17) is 0 Å².